The highest BCUT2D eigenvalue weighted by molar-refractivity contribution is 7.99. The number of thioether (sulfide) groups is 1. The quantitative estimate of drug-likeness (QED) is 0.301. The van der Waals surface area contributed by atoms with Crippen LogP contribution in [0.25, 0.3) is 0 Å². The van der Waals surface area contributed by atoms with E-state index in [1.54, 1.807) is 39.1 Å². The van der Waals surface area contributed by atoms with Crippen molar-refractivity contribution in [3.8, 4) is 5.75 Å². The lowest BCUT2D eigenvalue weighted by molar-refractivity contribution is -0.130. The predicted molar refractivity (Wildman–Crippen MR) is 152 cm³/mol. The van der Waals surface area contributed by atoms with E-state index in [1.165, 1.54) is 24.4 Å². The van der Waals surface area contributed by atoms with Gasteiger partial charge in [0.2, 0.25) is 0 Å². The Bertz CT molecular complexity index is 1500. The first kappa shape index (κ1) is 26.6. The molecule has 1 aliphatic heterocycles. The molecule has 2 amide bonds. The van der Waals surface area contributed by atoms with Gasteiger partial charge >= 0.3 is 0 Å². The lowest BCUT2D eigenvalue weighted by Crippen LogP contribution is -2.28. The van der Waals surface area contributed by atoms with Crippen LogP contribution in [0.3, 0.4) is 0 Å². The number of rotatable bonds is 9. The van der Waals surface area contributed by atoms with Crippen LogP contribution >= 0.6 is 23.1 Å². The van der Waals surface area contributed by atoms with Gasteiger partial charge < -0.3 is 14.6 Å². The molecular formula is C28H28N6O3S2. The second-order valence-corrected chi connectivity index (χ2v) is 10.9. The highest BCUT2D eigenvalue weighted by Crippen LogP contribution is 2.34. The second-order valence-electron chi connectivity index (χ2n) is 9.02. The van der Waals surface area contributed by atoms with Gasteiger partial charge in [0.15, 0.2) is 11.0 Å². The number of hydrogen-bond donors (Lipinski definition) is 1. The molecule has 1 atom stereocenters. The number of carbonyl (C=O) groups excluding carboxylic acids is 2. The van der Waals surface area contributed by atoms with Gasteiger partial charge in [-0.2, -0.15) is 5.10 Å². The number of thiophene rings is 1. The van der Waals surface area contributed by atoms with Gasteiger partial charge in [-0.3, -0.25) is 9.59 Å². The molecule has 0 bridgehead atoms. The molecular weight excluding hydrogens is 532 g/mol. The topological polar surface area (TPSA) is 102 Å². The van der Waals surface area contributed by atoms with Gasteiger partial charge in [-0.1, -0.05) is 59.8 Å². The summed E-state index contributed by atoms with van der Waals surface area (Å²) >= 11 is 2.92. The minimum absolute atomic E-state index is 0.105. The molecule has 0 radical (unpaired) electrons. The van der Waals surface area contributed by atoms with Crippen molar-refractivity contribution in [2.75, 3.05) is 12.9 Å². The number of methoxy groups -OCH3 is 1. The summed E-state index contributed by atoms with van der Waals surface area (Å²) in [6, 6.07) is 19.1. The fraction of sp³-hybridized carbons (Fsp3) is 0.250. The maximum Gasteiger partial charge on any atom is 0.255 e. The zero-order chi connectivity index (χ0) is 27.4. The van der Waals surface area contributed by atoms with Gasteiger partial charge in [0.25, 0.3) is 11.8 Å². The summed E-state index contributed by atoms with van der Waals surface area (Å²) in [5.74, 6) is 0.855. The minimum Gasteiger partial charge on any atom is -0.496 e. The maximum atomic E-state index is 13.4. The fourth-order valence-corrected chi connectivity index (χ4v) is 5.79. The highest BCUT2D eigenvalue weighted by Gasteiger charge is 2.33. The molecule has 5 rings (SSSR count). The van der Waals surface area contributed by atoms with Crippen molar-refractivity contribution in [2.45, 2.75) is 31.1 Å². The monoisotopic (exact) mass is 560 g/mol. The molecule has 1 unspecified atom stereocenters. The Balaban J connectivity index is 1.25. The largest absolute Gasteiger partial charge is 0.496 e. The minimum atomic E-state index is -0.268. The van der Waals surface area contributed by atoms with Crippen molar-refractivity contribution in [1.29, 1.82) is 0 Å². The first-order valence-electron chi connectivity index (χ1n) is 12.4. The molecule has 0 saturated heterocycles. The van der Waals surface area contributed by atoms with Gasteiger partial charge in [0, 0.05) is 13.5 Å². The Morgan fingerprint density at radius 3 is 2.64 bits per heavy atom. The number of hydrazone groups is 1. The van der Waals surface area contributed by atoms with E-state index in [-0.39, 0.29) is 30.2 Å². The van der Waals surface area contributed by atoms with Crippen molar-refractivity contribution in [1.82, 2.24) is 25.1 Å². The summed E-state index contributed by atoms with van der Waals surface area (Å²) in [5, 5.41) is 20.3. The maximum absolute atomic E-state index is 13.4. The number of para-hydroxylation sites is 1. The average molecular weight is 561 g/mol. The summed E-state index contributed by atoms with van der Waals surface area (Å²) in [4.78, 5) is 27.1. The third-order valence-electron chi connectivity index (χ3n) is 6.44. The van der Waals surface area contributed by atoms with Crippen LogP contribution in [0, 0.1) is 6.92 Å². The van der Waals surface area contributed by atoms with Crippen molar-refractivity contribution in [3.63, 3.8) is 0 Å². The van der Waals surface area contributed by atoms with Gasteiger partial charge in [-0.05, 0) is 36.1 Å². The highest BCUT2D eigenvalue weighted by atomic mass is 32.2. The van der Waals surface area contributed by atoms with E-state index in [4.69, 9.17) is 9.84 Å². The van der Waals surface area contributed by atoms with Gasteiger partial charge in [-0.15, -0.1) is 21.5 Å². The van der Waals surface area contributed by atoms with E-state index < -0.39 is 0 Å². The number of ether oxygens (including phenoxy) is 1. The molecule has 0 aliphatic carbocycles. The Morgan fingerprint density at radius 1 is 1.10 bits per heavy atom. The molecule has 1 aliphatic rings. The number of hydrogen-bond acceptors (Lipinski definition) is 8. The molecule has 2 aromatic carbocycles. The molecule has 200 valence electrons. The number of nitrogens with zero attached hydrogens (tertiary/aromatic N) is 5. The number of nitrogens with one attached hydrogen (secondary N) is 1. The summed E-state index contributed by atoms with van der Waals surface area (Å²) in [6.07, 6.45) is 0.667. The third kappa shape index (κ3) is 5.89. The number of amides is 2. The van der Waals surface area contributed by atoms with Crippen LogP contribution in [0.2, 0.25) is 0 Å². The van der Waals surface area contributed by atoms with E-state index in [9.17, 15) is 9.59 Å². The summed E-state index contributed by atoms with van der Waals surface area (Å²) in [5.41, 5.74) is 3.59. The average Bonchev–Trinajstić information content (AvgIpc) is 3.71. The van der Waals surface area contributed by atoms with Crippen LogP contribution in [-0.2, 0) is 18.4 Å². The zero-order valence-corrected chi connectivity index (χ0v) is 23.5. The molecule has 3 heterocycles. The number of aryl methyl sites for hydroxylation is 1. The van der Waals surface area contributed by atoms with E-state index in [0.717, 1.165) is 16.2 Å². The van der Waals surface area contributed by atoms with Gasteiger partial charge in [-0.25, -0.2) is 5.01 Å². The Hall–Kier alpha value is -3.96. The standard InChI is InChI=1S/C28H28N6O3S2/c1-18-10-12-19(13-11-18)22-15-21(24-9-6-14-38-24)32-34(22)26(35)17-39-28-31-30-25(33(28)2)16-29-27(36)20-7-4-5-8-23(20)37-3/h4-14,22H,15-17H2,1-3H3,(H,29,36). The van der Waals surface area contributed by atoms with Gasteiger partial charge in [0.05, 0.1) is 41.6 Å². The number of benzene rings is 2. The van der Waals surface area contributed by atoms with E-state index in [0.29, 0.717) is 28.7 Å². The van der Waals surface area contributed by atoms with Gasteiger partial charge in [0.1, 0.15) is 5.75 Å². The Labute approximate surface area is 234 Å². The normalized spacial score (nSPS) is 14.8. The summed E-state index contributed by atoms with van der Waals surface area (Å²) in [7, 11) is 3.34. The molecule has 39 heavy (non-hydrogen) atoms. The second kappa shape index (κ2) is 11.8. The van der Waals surface area contributed by atoms with Crippen molar-refractivity contribution < 1.29 is 14.3 Å². The van der Waals surface area contributed by atoms with Crippen LogP contribution in [0.5, 0.6) is 5.75 Å². The molecule has 11 heteroatoms. The fourth-order valence-electron chi connectivity index (χ4n) is 4.28. The smallest absolute Gasteiger partial charge is 0.255 e. The number of carbonyl (C=O) groups is 2. The van der Waals surface area contributed by atoms with E-state index in [2.05, 4.69) is 39.8 Å². The van der Waals surface area contributed by atoms with Crippen molar-refractivity contribution >= 4 is 40.6 Å². The van der Waals surface area contributed by atoms with Crippen molar-refractivity contribution in [2.24, 2.45) is 12.1 Å². The molecule has 2 aromatic heterocycles. The Kier molecular flexibility index (Phi) is 8.08. The van der Waals surface area contributed by atoms with Crippen LogP contribution in [0.4, 0.5) is 0 Å². The van der Waals surface area contributed by atoms with E-state index in [1.807, 2.05) is 37.6 Å². The lowest BCUT2D eigenvalue weighted by atomic mass is 10.00. The van der Waals surface area contributed by atoms with Crippen LogP contribution in [0.15, 0.2) is 76.3 Å². The molecule has 0 spiro atoms. The Morgan fingerprint density at radius 2 is 1.90 bits per heavy atom. The molecule has 9 nitrogen and oxygen atoms in total. The van der Waals surface area contributed by atoms with E-state index >= 15 is 0 Å². The molecule has 1 N–H and O–H groups in total. The molecule has 0 fully saturated rings. The first-order chi connectivity index (χ1) is 18.9. The summed E-state index contributed by atoms with van der Waals surface area (Å²) in [6.45, 7) is 2.23. The first-order valence-corrected chi connectivity index (χ1v) is 14.2. The van der Waals surface area contributed by atoms with Crippen LogP contribution in [-0.4, -0.2) is 50.2 Å². The zero-order valence-electron chi connectivity index (χ0n) is 21.8. The van der Waals surface area contributed by atoms with Crippen LogP contribution < -0.4 is 10.1 Å². The number of aromatic nitrogens is 3. The molecule has 0 saturated carbocycles. The SMILES string of the molecule is COc1ccccc1C(=O)NCc1nnc(SCC(=O)N2N=C(c3cccs3)CC2c2ccc(C)cc2)n1C. The van der Waals surface area contributed by atoms with Crippen molar-refractivity contribution in [3.05, 3.63) is 93.4 Å². The lowest BCUT2D eigenvalue weighted by Gasteiger charge is -2.22. The predicted octanol–water partition coefficient (Wildman–Crippen LogP) is 4.59. The summed E-state index contributed by atoms with van der Waals surface area (Å²) < 4.78 is 7.05. The van der Waals surface area contributed by atoms with Crippen LogP contribution in [0.1, 0.15) is 44.6 Å². The third-order valence-corrected chi connectivity index (χ3v) is 8.37. The molecule has 4 aromatic rings.